The topological polar surface area (TPSA) is 143 Å². The normalized spacial score (nSPS) is 19.9. The molecule has 11 heteroatoms. The molecule has 2 saturated heterocycles. The van der Waals surface area contributed by atoms with Crippen LogP contribution in [0.2, 0.25) is 0 Å². The quantitative estimate of drug-likeness (QED) is 0.507. The van der Waals surface area contributed by atoms with Crippen molar-refractivity contribution >= 4 is 17.8 Å². The van der Waals surface area contributed by atoms with Crippen molar-refractivity contribution in [1.29, 1.82) is 0 Å². The summed E-state index contributed by atoms with van der Waals surface area (Å²) in [5.41, 5.74) is 12.5. The number of nitrogens with one attached hydrogen (secondary N) is 1. The molecule has 3 amide bonds. The predicted octanol–water partition coefficient (Wildman–Crippen LogP) is 1.56. The second-order valence-corrected chi connectivity index (χ2v) is 11.4. The van der Waals surface area contributed by atoms with Gasteiger partial charge in [0, 0.05) is 45.0 Å². The van der Waals surface area contributed by atoms with Crippen LogP contribution < -0.4 is 22.5 Å². The third-order valence-electron chi connectivity index (χ3n) is 7.58. The summed E-state index contributed by atoms with van der Waals surface area (Å²) in [5.74, 6) is 0.408. The molecule has 3 heterocycles. The fourth-order valence-electron chi connectivity index (χ4n) is 5.20. The number of aromatic nitrogens is 2. The van der Waals surface area contributed by atoms with Crippen LogP contribution in [0.1, 0.15) is 51.5 Å². The first-order valence-electron chi connectivity index (χ1n) is 13.8. The van der Waals surface area contributed by atoms with E-state index in [-0.39, 0.29) is 17.8 Å². The van der Waals surface area contributed by atoms with Crippen LogP contribution in [0.3, 0.4) is 0 Å². The number of hydrogen-bond donors (Lipinski definition) is 3. The molecule has 1 unspecified atom stereocenters. The van der Waals surface area contributed by atoms with E-state index in [9.17, 15) is 14.4 Å². The van der Waals surface area contributed by atoms with Crippen molar-refractivity contribution in [2.24, 2.45) is 11.5 Å². The maximum absolute atomic E-state index is 12.8. The van der Waals surface area contributed by atoms with Gasteiger partial charge < -0.3 is 26.2 Å². The van der Waals surface area contributed by atoms with Gasteiger partial charge in [0.05, 0.1) is 11.2 Å². The summed E-state index contributed by atoms with van der Waals surface area (Å²) in [7, 11) is 0. The molecule has 5 N–H and O–H groups in total. The first-order chi connectivity index (χ1) is 18.5. The van der Waals surface area contributed by atoms with E-state index in [1.165, 1.54) is 10.1 Å². The molecule has 11 nitrogen and oxygen atoms in total. The van der Waals surface area contributed by atoms with Crippen LogP contribution in [0.15, 0.2) is 41.3 Å². The van der Waals surface area contributed by atoms with E-state index in [4.69, 9.17) is 11.5 Å². The molecule has 39 heavy (non-hydrogen) atoms. The highest BCUT2D eigenvalue weighted by atomic mass is 16.2. The van der Waals surface area contributed by atoms with E-state index in [2.05, 4.69) is 34.3 Å². The zero-order valence-corrected chi connectivity index (χ0v) is 23.3. The Morgan fingerprint density at radius 1 is 1.03 bits per heavy atom. The third-order valence-corrected chi connectivity index (χ3v) is 7.58. The molecule has 0 spiro atoms. The molecule has 1 aromatic carbocycles. The van der Waals surface area contributed by atoms with Gasteiger partial charge in [0.15, 0.2) is 0 Å². The highest BCUT2D eigenvalue weighted by Gasteiger charge is 2.31. The molecular formula is C28H42N8O3. The number of hydrogen-bond acceptors (Lipinski definition) is 7. The van der Waals surface area contributed by atoms with E-state index in [1.807, 2.05) is 12.1 Å². The summed E-state index contributed by atoms with van der Waals surface area (Å²) < 4.78 is 1.46. The number of urea groups is 1. The van der Waals surface area contributed by atoms with Crippen LogP contribution in [0.5, 0.6) is 0 Å². The molecule has 0 radical (unpaired) electrons. The van der Waals surface area contributed by atoms with Crippen LogP contribution in [-0.2, 0) is 4.79 Å². The summed E-state index contributed by atoms with van der Waals surface area (Å²) in [4.78, 5) is 47.7. The third kappa shape index (κ3) is 7.43. The fourth-order valence-corrected chi connectivity index (χ4v) is 5.20. The second-order valence-electron chi connectivity index (χ2n) is 11.4. The van der Waals surface area contributed by atoms with Crippen molar-refractivity contribution in [1.82, 2.24) is 24.3 Å². The molecule has 0 aliphatic carbocycles. The van der Waals surface area contributed by atoms with E-state index < -0.39 is 11.2 Å². The molecule has 0 saturated carbocycles. The SMILES string of the molecule is CC(CN1CCC[C@H](N)CC1)c1ccc(-n2ccc(NC(=O)N3CCN(C(=O)C(C)(C)N)CC3)nc2=O)cc1. The lowest BCUT2D eigenvalue weighted by Gasteiger charge is -2.37. The van der Waals surface area contributed by atoms with Crippen molar-refractivity contribution in [2.45, 2.75) is 57.5 Å². The van der Waals surface area contributed by atoms with Crippen LogP contribution in [-0.4, -0.2) is 93.6 Å². The van der Waals surface area contributed by atoms with E-state index in [0.717, 1.165) is 38.9 Å². The van der Waals surface area contributed by atoms with Crippen LogP contribution in [0.25, 0.3) is 5.69 Å². The van der Waals surface area contributed by atoms with Gasteiger partial charge in [-0.15, -0.1) is 0 Å². The predicted molar refractivity (Wildman–Crippen MR) is 152 cm³/mol. The van der Waals surface area contributed by atoms with Gasteiger partial charge in [-0.3, -0.25) is 14.7 Å². The summed E-state index contributed by atoms with van der Waals surface area (Å²) in [6.45, 7) is 10.2. The number of nitrogens with zero attached hydrogens (tertiary/aromatic N) is 5. The second kappa shape index (κ2) is 12.3. The number of amides is 3. The minimum Gasteiger partial charge on any atom is -0.338 e. The maximum atomic E-state index is 12.8. The van der Waals surface area contributed by atoms with Gasteiger partial charge in [-0.05, 0) is 75.9 Å². The lowest BCUT2D eigenvalue weighted by Crippen LogP contribution is -2.58. The monoisotopic (exact) mass is 538 g/mol. The lowest BCUT2D eigenvalue weighted by molar-refractivity contribution is -0.137. The Kier molecular flexibility index (Phi) is 9.04. The molecule has 2 aliphatic rings. The van der Waals surface area contributed by atoms with Gasteiger partial charge in [0.2, 0.25) is 5.91 Å². The Hall–Kier alpha value is -3.28. The first-order valence-corrected chi connectivity index (χ1v) is 13.8. The number of carbonyl (C=O) groups is 2. The summed E-state index contributed by atoms with van der Waals surface area (Å²) in [6.07, 6.45) is 4.90. The molecule has 2 aliphatic heterocycles. The molecule has 2 aromatic rings. The number of carbonyl (C=O) groups excluding carboxylic acids is 2. The number of benzene rings is 1. The molecule has 4 rings (SSSR count). The van der Waals surface area contributed by atoms with Gasteiger partial charge in [-0.2, -0.15) is 4.98 Å². The lowest BCUT2D eigenvalue weighted by atomic mass is 10.00. The summed E-state index contributed by atoms with van der Waals surface area (Å²) in [5, 5.41) is 2.70. The zero-order chi connectivity index (χ0) is 28.2. The van der Waals surface area contributed by atoms with Crippen molar-refractivity contribution in [2.75, 3.05) is 51.1 Å². The Balaban J connectivity index is 1.32. The van der Waals surface area contributed by atoms with Crippen LogP contribution in [0.4, 0.5) is 10.6 Å². The van der Waals surface area contributed by atoms with Gasteiger partial charge in [0.25, 0.3) is 0 Å². The van der Waals surface area contributed by atoms with E-state index in [0.29, 0.717) is 43.8 Å². The number of piperazine rings is 1. The molecular weight excluding hydrogens is 496 g/mol. The van der Waals surface area contributed by atoms with Gasteiger partial charge >= 0.3 is 11.7 Å². The molecule has 2 atom stereocenters. The Labute approximate surface area is 230 Å². The average Bonchev–Trinajstić information content (AvgIpc) is 3.11. The van der Waals surface area contributed by atoms with Gasteiger partial charge in [0.1, 0.15) is 5.82 Å². The average molecular weight is 539 g/mol. The first kappa shape index (κ1) is 28.7. The van der Waals surface area contributed by atoms with Crippen LogP contribution >= 0.6 is 0 Å². The molecule has 0 bridgehead atoms. The smallest absolute Gasteiger partial charge is 0.338 e. The number of anilines is 1. The fraction of sp³-hybridized carbons (Fsp3) is 0.571. The van der Waals surface area contributed by atoms with E-state index in [1.54, 1.807) is 35.9 Å². The highest BCUT2D eigenvalue weighted by molar-refractivity contribution is 5.89. The number of nitrogens with two attached hydrogens (primary N) is 2. The Morgan fingerprint density at radius 2 is 1.69 bits per heavy atom. The maximum Gasteiger partial charge on any atom is 0.354 e. The standard InChI is InChI=1S/C28H42N8O3/c1-20(19-33-12-4-5-22(29)10-13-33)21-6-8-23(9-7-21)36-14-11-24(32-27(36)39)31-26(38)35-17-15-34(16-18-35)25(37)28(2,3)30/h6-9,11,14,20,22H,4-5,10,12-13,15-19,29-30H2,1-3H3,(H,31,32,38,39)/t20?,22-/m0/s1. The minimum absolute atomic E-state index is 0.141. The minimum atomic E-state index is -0.946. The van der Waals surface area contributed by atoms with Gasteiger partial charge in [-0.25, -0.2) is 9.59 Å². The Bertz CT molecular complexity index is 1200. The van der Waals surface area contributed by atoms with Gasteiger partial charge in [-0.1, -0.05) is 19.1 Å². The van der Waals surface area contributed by atoms with Crippen LogP contribution in [0, 0.1) is 0 Å². The molecule has 1 aromatic heterocycles. The number of likely N-dealkylation sites (tertiary alicyclic amines) is 1. The molecule has 212 valence electrons. The highest BCUT2D eigenvalue weighted by Crippen LogP contribution is 2.20. The Morgan fingerprint density at radius 3 is 2.33 bits per heavy atom. The number of rotatable bonds is 6. The van der Waals surface area contributed by atoms with Crippen molar-refractivity contribution in [3.8, 4) is 5.69 Å². The summed E-state index contributed by atoms with van der Waals surface area (Å²) >= 11 is 0. The largest absolute Gasteiger partial charge is 0.354 e. The van der Waals surface area contributed by atoms with Crippen molar-refractivity contribution in [3.05, 3.63) is 52.6 Å². The summed E-state index contributed by atoms with van der Waals surface area (Å²) in [6, 6.07) is 9.53. The molecule has 2 fully saturated rings. The van der Waals surface area contributed by atoms with Crippen molar-refractivity contribution < 1.29 is 9.59 Å². The van der Waals surface area contributed by atoms with Crippen molar-refractivity contribution in [3.63, 3.8) is 0 Å². The van der Waals surface area contributed by atoms with E-state index >= 15 is 0 Å². The zero-order valence-electron chi connectivity index (χ0n) is 23.3.